The highest BCUT2D eigenvalue weighted by molar-refractivity contribution is 5.65. The molecule has 2 atom stereocenters. The minimum Gasteiger partial charge on any atom is -0.465 e. The van der Waals surface area contributed by atoms with Gasteiger partial charge in [0.25, 0.3) is 0 Å². The number of hydrogen-bond acceptors (Lipinski definition) is 4. The maximum atomic E-state index is 11.1. The van der Waals surface area contributed by atoms with Crippen LogP contribution in [0, 0.1) is 11.8 Å². The Morgan fingerprint density at radius 1 is 1.04 bits per heavy atom. The lowest BCUT2D eigenvalue weighted by Gasteiger charge is -2.24. The minimum atomic E-state index is -0.775. The van der Waals surface area contributed by atoms with Gasteiger partial charge in [0, 0.05) is 63.0 Å². The van der Waals surface area contributed by atoms with Crippen molar-refractivity contribution in [2.24, 2.45) is 11.8 Å². The Balaban J connectivity index is 1.53. The van der Waals surface area contributed by atoms with Crippen LogP contribution in [0.15, 0.2) is 24.3 Å². The summed E-state index contributed by atoms with van der Waals surface area (Å²) in [4.78, 5) is 19.6. The molecule has 1 aromatic rings. The van der Waals surface area contributed by atoms with Crippen LogP contribution in [0.4, 0.5) is 16.2 Å². The lowest BCUT2D eigenvalue weighted by atomic mass is 10.0. The fraction of sp³-hybridized carbons (Fsp3) is 0.632. The van der Waals surface area contributed by atoms with Crippen molar-refractivity contribution in [3.05, 3.63) is 24.3 Å². The van der Waals surface area contributed by atoms with E-state index in [1.807, 2.05) is 0 Å². The molecule has 0 aromatic heterocycles. The summed E-state index contributed by atoms with van der Waals surface area (Å²) in [6, 6.07) is 8.80. The van der Waals surface area contributed by atoms with Crippen LogP contribution in [-0.2, 0) is 0 Å². The first-order valence-corrected chi connectivity index (χ1v) is 9.13. The number of anilines is 2. The molecular weight excluding hydrogens is 316 g/mol. The van der Waals surface area contributed by atoms with Crippen molar-refractivity contribution in [2.45, 2.75) is 6.42 Å². The van der Waals surface area contributed by atoms with E-state index in [0.717, 1.165) is 32.6 Å². The summed E-state index contributed by atoms with van der Waals surface area (Å²) < 4.78 is 0. The molecule has 0 bridgehead atoms. The topological polar surface area (TPSA) is 50.3 Å². The van der Waals surface area contributed by atoms with Gasteiger partial charge < -0.3 is 24.7 Å². The van der Waals surface area contributed by atoms with Gasteiger partial charge in [-0.2, -0.15) is 0 Å². The number of benzene rings is 1. The number of amides is 1. The highest BCUT2D eigenvalue weighted by Gasteiger charge is 2.41. The number of rotatable bonds is 6. The molecule has 2 unspecified atom stereocenters. The molecule has 0 aliphatic carbocycles. The van der Waals surface area contributed by atoms with Gasteiger partial charge in [0.1, 0.15) is 0 Å². The predicted molar refractivity (Wildman–Crippen MR) is 102 cm³/mol. The van der Waals surface area contributed by atoms with E-state index in [2.05, 4.69) is 60.1 Å². The predicted octanol–water partition coefficient (Wildman–Crippen LogP) is 2.12. The second-order valence-electron chi connectivity index (χ2n) is 7.71. The molecule has 6 heteroatoms. The molecule has 138 valence electrons. The summed E-state index contributed by atoms with van der Waals surface area (Å²) >= 11 is 0. The van der Waals surface area contributed by atoms with Crippen LogP contribution in [0.25, 0.3) is 0 Å². The number of fused-ring (bicyclic) bond motifs is 1. The van der Waals surface area contributed by atoms with Gasteiger partial charge in [0.15, 0.2) is 0 Å². The van der Waals surface area contributed by atoms with E-state index in [-0.39, 0.29) is 0 Å². The monoisotopic (exact) mass is 346 g/mol. The zero-order valence-electron chi connectivity index (χ0n) is 15.6. The molecule has 0 saturated carbocycles. The average Bonchev–Trinajstić information content (AvgIpc) is 3.13. The molecule has 3 rings (SSSR count). The summed E-state index contributed by atoms with van der Waals surface area (Å²) in [7, 11) is 6.36. The first kappa shape index (κ1) is 17.9. The fourth-order valence-corrected chi connectivity index (χ4v) is 4.03. The molecule has 1 amide bonds. The maximum absolute atomic E-state index is 11.1. The molecule has 2 saturated heterocycles. The molecule has 2 aliphatic rings. The third kappa shape index (κ3) is 4.18. The van der Waals surface area contributed by atoms with Crippen molar-refractivity contribution in [3.63, 3.8) is 0 Å². The Kier molecular flexibility index (Phi) is 5.37. The lowest BCUT2D eigenvalue weighted by molar-refractivity contribution is 0.153. The van der Waals surface area contributed by atoms with E-state index in [1.165, 1.54) is 11.4 Å². The van der Waals surface area contributed by atoms with E-state index >= 15 is 0 Å². The van der Waals surface area contributed by atoms with Crippen molar-refractivity contribution in [1.82, 2.24) is 9.80 Å². The zero-order chi connectivity index (χ0) is 18.0. The van der Waals surface area contributed by atoms with Crippen LogP contribution in [0.2, 0.25) is 0 Å². The number of likely N-dealkylation sites (tertiary alicyclic amines) is 1. The molecule has 2 aliphatic heterocycles. The normalized spacial score (nSPS) is 22.6. The molecule has 6 nitrogen and oxygen atoms in total. The SMILES string of the molecule is CN(C)CCCN(C)c1ccc(N2CC3CN(C(=O)O)CC3C2)cc1. The van der Waals surface area contributed by atoms with E-state index < -0.39 is 6.09 Å². The Morgan fingerprint density at radius 3 is 2.16 bits per heavy atom. The Hall–Kier alpha value is -1.95. The summed E-state index contributed by atoms with van der Waals surface area (Å²) in [6.07, 6.45) is 0.378. The number of carbonyl (C=O) groups is 1. The molecule has 2 fully saturated rings. The quantitative estimate of drug-likeness (QED) is 0.855. The van der Waals surface area contributed by atoms with Crippen molar-refractivity contribution < 1.29 is 9.90 Å². The number of hydrogen-bond donors (Lipinski definition) is 1. The minimum absolute atomic E-state index is 0.476. The van der Waals surface area contributed by atoms with Crippen LogP contribution in [-0.4, -0.2) is 81.4 Å². The van der Waals surface area contributed by atoms with Crippen molar-refractivity contribution in [3.8, 4) is 0 Å². The van der Waals surface area contributed by atoms with Gasteiger partial charge >= 0.3 is 6.09 Å². The van der Waals surface area contributed by atoms with Crippen molar-refractivity contribution >= 4 is 17.5 Å². The maximum Gasteiger partial charge on any atom is 0.407 e. The summed E-state index contributed by atoms with van der Waals surface area (Å²) in [5.74, 6) is 0.953. The zero-order valence-corrected chi connectivity index (χ0v) is 15.6. The summed E-state index contributed by atoms with van der Waals surface area (Å²) in [5.41, 5.74) is 2.50. The third-order valence-corrected chi connectivity index (χ3v) is 5.51. The Morgan fingerprint density at radius 2 is 1.64 bits per heavy atom. The average molecular weight is 346 g/mol. The van der Waals surface area contributed by atoms with Gasteiger partial charge in [-0.05, 0) is 51.3 Å². The van der Waals surface area contributed by atoms with Crippen molar-refractivity contribution in [1.29, 1.82) is 0 Å². The molecular formula is C19H30N4O2. The second kappa shape index (κ2) is 7.52. The number of nitrogens with zero attached hydrogens (tertiary/aromatic N) is 4. The standard InChI is InChI=1S/C19H30N4O2/c1-20(2)9-4-10-21(3)17-5-7-18(8-6-17)22-11-15-13-23(19(24)25)14-16(15)12-22/h5-8,15-16H,4,9-14H2,1-3H3,(H,24,25). The summed E-state index contributed by atoms with van der Waals surface area (Å²) in [6.45, 7) is 5.45. The van der Waals surface area contributed by atoms with Gasteiger partial charge in [-0.15, -0.1) is 0 Å². The van der Waals surface area contributed by atoms with Crippen LogP contribution in [0.5, 0.6) is 0 Å². The molecule has 2 heterocycles. The Labute approximate surface area is 150 Å². The van der Waals surface area contributed by atoms with Crippen LogP contribution >= 0.6 is 0 Å². The van der Waals surface area contributed by atoms with Gasteiger partial charge in [0.2, 0.25) is 0 Å². The third-order valence-electron chi connectivity index (χ3n) is 5.51. The lowest BCUT2D eigenvalue weighted by Crippen LogP contribution is -2.32. The molecule has 1 aromatic carbocycles. The second-order valence-corrected chi connectivity index (χ2v) is 7.71. The first-order valence-electron chi connectivity index (χ1n) is 9.13. The van der Waals surface area contributed by atoms with Gasteiger partial charge in [-0.1, -0.05) is 0 Å². The smallest absolute Gasteiger partial charge is 0.407 e. The number of carboxylic acid groups (broad SMARTS) is 1. The molecule has 0 radical (unpaired) electrons. The van der Waals surface area contributed by atoms with E-state index in [1.54, 1.807) is 4.90 Å². The van der Waals surface area contributed by atoms with E-state index in [9.17, 15) is 4.79 Å². The molecule has 0 spiro atoms. The van der Waals surface area contributed by atoms with Gasteiger partial charge in [0.05, 0.1) is 0 Å². The summed E-state index contributed by atoms with van der Waals surface area (Å²) in [5, 5.41) is 9.13. The van der Waals surface area contributed by atoms with Crippen LogP contribution in [0.3, 0.4) is 0 Å². The largest absolute Gasteiger partial charge is 0.465 e. The first-order chi connectivity index (χ1) is 11.9. The van der Waals surface area contributed by atoms with Crippen LogP contribution in [0.1, 0.15) is 6.42 Å². The Bertz CT molecular complexity index is 576. The molecule has 25 heavy (non-hydrogen) atoms. The van der Waals surface area contributed by atoms with E-state index in [4.69, 9.17) is 5.11 Å². The highest BCUT2D eigenvalue weighted by atomic mass is 16.4. The van der Waals surface area contributed by atoms with Gasteiger partial charge in [-0.25, -0.2) is 4.79 Å². The van der Waals surface area contributed by atoms with E-state index in [0.29, 0.717) is 24.9 Å². The van der Waals surface area contributed by atoms with Gasteiger partial charge in [-0.3, -0.25) is 0 Å². The van der Waals surface area contributed by atoms with Crippen LogP contribution < -0.4 is 9.80 Å². The molecule has 1 N–H and O–H groups in total. The van der Waals surface area contributed by atoms with Crippen molar-refractivity contribution in [2.75, 3.05) is 70.2 Å². The fourth-order valence-electron chi connectivity index (χ4n) is 4.03. The highest BCUT2D eigenvalue weighted by Crippen LogP contribution is 2.34.